The molecule has 39 heavy (non-hydrogen) atoms. The summed E-state index contributed by atoms with van der Waals surface area (Å²) in [6.45, 7) is 9.90. The second-order valence-corrected chi connectivity index (χ2v) is 9.30. The Bertz CT molecular complexity index is 1050. The zero-order chi connectivity index (χ0) is 29.4. The van der Waals surface area contributed by atoms with E-state index in [2.05, 4.69) is 20.9 Å². The van der Waals surface area contributed by atoms with Crippen LogP contribution >= 0.6 is 0 Å². The van der Waals surface area contributed by atoms with E-state index in [-0.39, 0.29) is 12.0 Å². The first-order valence-corrected chi connectivity index (χ1v) is 13.8. The van der Waals surface area contributed by atoms with Gasteiger partial charge < -0.3 is 31.5 Å². The van der Waals surface area contributed by atoms with Crippen LogP contribution in [0.3, 0.4) is 0 Å². The van der Waals surface area contributed by atoms with Gasteiger partial charge in [0.15, 0.2) is 0 Å². The number of nitrogens with one attached hydrogen (secondary N) is 3. The number of ether oxygens (including phenoxy) is 1. The summed E-state index contributed by atoms with van der Waals surface area (Å²) in [7, 11) is 3.75. The number of carboxylic acids is 1. The predicted octanol–water partition coefficient (Wildman–Crippen LogP) is 5.71. The number of nitrogens with two attached hydrogens (primary N) is 1. The lowest BCUT2D eigenvalue weighted by Crippen LogP contribution is -2.36. The minimum atomic E-state index is -0.900. The first-order chi connectivity index (χ1) is 18.7. The Morgan fingerprint density at radius 3 is 2.15 bits per heavy atom. The number of allylic oxidation sites excluding steroid dienone is 1. The Balaban J connectivity index is 0.00000142. The highest BCUT2D eigenvalue weighted by Gasteiger charge is 2.35. The van der Waals surface area contributed by atoms with Crippen LogP contribution in [-0.4, -0.2) is 42.2 Å². The molecule has 6 N–H and O–H groups in total. The molecule has 9 heteroatoms. The van der Waals surface area contributed by atoms with Crippen molar-refractivity contribution >= 4 is 29.1 Å². The van der Waals surface area contributed by atoms with Crippen LogP contribution in [-0.2, 0) is 9.59 Å². The monoisotopic (exact) mass is 541 g/mol. The van der Waals surface area contributed by atoms with Crippen molar-refractivity contribution < 1.29 is 19.4 Å². The minimum absolute atomic E-state index is 0.0288. The van der Waals surface area contributed by atoms with Crippen molar-refractivity contribution in [1.82, 2.24) is 10.3 Å². The maximum absolute atomic E-state index is 12.7. The van der Waals surface area contributed by atoms with Gasteiger partial charge in [0.05, 0.1) is 23.6 Å². The first kappa shape index (κ1) is 33.4. The molecule has 1 heterocycles. The van der Waals surface area contributed by atoms with Gasteiger partial charge in [0.25, 0.3) is 0 Å². The third-order valence-electron chi connectivity index (χ3n) is 5.92. The lowest BCUT2D eigenvalue weighted by molar-refractivity contribution is -0.147. The molecule has 1 aliphatic carbocycles. The van der Waals surface area contributed by atoms with E-state index in [0.29, 0.717) is 42.3 Å². The maximum atomic E-state index is 12.7. The Labute approximate surface area is 233 Å². The zero-order valence-corrected chi connectivity index (χ0v) is 24.5. The Kier molecular flexibility index (Phi) is 15.3. The number of rotatable bonds is 9. The van der Waals surface area contributed by atoms with E-state index in [9.17, 15) is 14.7 Å². The molecular weight excluding hydrogens is 494 g/mol. The summed E-state index contributed by atoms with van der Waals surface area (Å²) >= 11 is 0. The average molecular weight is 542 g/mol. The lowest BCUT2D eigenvalue weighted by Gasteiger charge is -2.27. The molecule has 1 fully saturated rings. The van der Waals surface area contributed by atoms with Gasteiger partial charge in [-0.3, -0.25) is 9.59 Å². The highest BCUT2D eigenvalue weighted by Crippen LogP contribution is 2.31. The van der Waals surface area contributed by atoms with Crippen LogP contribution in [0.4, 0.5) is 11.5 Å². The number of carbonyl (C=O) groups excluding carboxylic acids is 1. The second kappa shape index (κ2) is 17.8. The number of hydrogen-bond acceptors (Lipinski definition) is 7. The second-order valence-electron chi connectivity index (χ2n) is 9.30. The maximum Gasteiger partial charge on any atom is 0.307 e. The van der Waals surface area contributed by atoms with E-state index in [1.807, 2.05) is 79.0 Å². The van der Waals surface area contributed by atoms with E-state index in [1.165, 1.54) is 0 Å². The molecule has 216 valence electrons. The van der Waals surface area contributed by atoms with Gasteiger partial charge in [-0.25, -0.2) is 0 Å². The quantitative estimate of drug-likeness (QED) is 0.272. The summed E-state index contributed by atoms with van der Waals surface area (Å²) in [6, 6.07) is 12.8. The molecular formula is C30H47N5O4. The van der Waals surface area contributed by atoms with Gasteiger partial charge in [0.1, 0.15) is 5.82 Å². The number of aliphatic carboxylic acids is 1. The van der Waals surface area contributed by atoms with Crippen molar-refractivity contribution in [2.24, 2.45) is 17.6 Å². The molecule has 1 aromatic carbocycles. The molecule has 1 aliphatic rings. The molecule has 9 nitrogen and oxygen atoms in total. The minimum Gasteiger partial charge on any atom is -0.481 e. The van der Waals surface area contributed by atoms with Crippen LogP contribution < -0.4 is 26.4 Å². The van der Waals surface area contributed by atoms with Crippen LogP contribution in [0.15, 0.2) is 48.2 Å². The van der Waals surface area contributed by atoms with Gasteiger partial charge in [-0.2, -0.15) is 4.98 Å². The number of carboxylic acid groups (broad SMARTS) is 1. The number of nitrogens with zero attached hydrogens (tertiary/aromatic N) is 1. The molecule has 1 saturated carbocycles. The molecule has 0 spiro atoms. The summed E-state index contributed by atoms with van der Waals surface area (Å²) < 4.78 is 5.66. The van der Waals surface area contributed by atoms with Gasteiger partial charge in [-0.05, 0) is 71.0 Å². The molecule has 1 amide bonds. The SMILES string of the molecule is CC.CC/C(Nc1cccc(OC(C)C)n1)=C(\N)c1ccc(NC(=O)C2CCCCC2C(=O)O)cc1.CNC. The highest BCUT2D eigenvalue weighted by atomic mass is 16.5. The summed E-state index contributed by atoms with van der Waals surface area (Å²) in [5.41, 5.74) is 9.26. The molecule has 2 aromatic rings. The number of hydrogen-bond donors (Lipinski definition) is 5. The summed E-state index contributed by atoms with van der Waals surface area (Å²) in [5.74, 6) is -1.09. The van der Waals surface area contributed by atoms with Gasteiger partial charge in [-0.15, -0.1) is 0 Å². The van der Waals surface area contributed by atoms with Crippen molar-refractivity contribution in [3.63, 3.8) is 0 Å². The van der Waals surface area contributed by atoms with Gasteiger partial charge in [-0.1, -0.05) is 51.8 Å². The fourth-order valence-corrected chi connectivity index (χ4v) is 4.17. The molecule has 2 atom stereocenters. The topological polar surface area (TPSA) is 139 Å². The van der Waals surface area contributed by atoms with Crippen molar-refractivity contribution in [1.29, 1.82) is 0 Å². The summed E-state index contributed by atoms with van der Waals surface area (Å²) in [4.78, 5) is 28.7. The molecule has 3 rings (SSSR count). The van der Waals surface area contributed by atoms with Crippen LogP contribution in [0.5, 0.6) is 5.88 Å². The van der Waals surface area contributed by atoms with Crippen molar-refractivity contribution in [3.05, 3.63) is 53.7 Å². The standard InChI is InChI=1S/C26H34N4O4.C2H7N.C2H6/c1-4-21(29-22-10-7-11-23(30-22)34-16(2)3)24(27)17-12-14-18(15-13-17)28-25(31)19-8-5-6-9-20(19)26(32)33;1-3-2;1-2/h7,10-16,19-20H,4-6,8-9,27H2,1-3H3,(H,28,31)(H,29,30)(H,32,33);3H,1-2H3;1-2H3/b24-21+;;. The average Bonchev–Trinajstić information content (AvgIpc) is 2.93. The van der Waals surface area contributed by atoms with E-state index in [0.717, 1.165) is 24.1 Å². The number of benzene rings is 1. The number of aromatic nitrogens is 1. The number of anilines is 2. The Morgan fingerprint density at radius 1 is 1.03 bits per heavy atom. The lowest BCUT2D eigenvalue weighted by atomic mass is 9.78. The van der Waals surface area contributed by atoms with Crippen molar-refractivity contribution in [2.45, 2.75) is 72.8 Å². The number of amides is 1. The van der Waals surface area contributed by atoms with Crippen LogP contribution in [0.1, 0.15) is 72.3 Å². The van der Waals surface area contributed by atoms with E-state index in [1.54, 1.807) is 12.1 Å². The zero-order valence-electron chi connectivity index (χ0n) is 24.5. The molecule has 2 unspecified atom stereocenters. The third-order valence-corrected chi connectivity index (χ3v) is 5.92. The van der Waals surface area contributed by atoms with Gasteiger partial charge in [0, 0.05) is 17.5 Å². The van der Waals surface area contributed by atoms with E-state index in [4.69, 9.17) is 10.5 Å². The van der Waals surface area contributed by atoms with E-state index >= 15 is 0 Å². The largest absolute Gasteiger partial charge is 0.481 e. The normalized spacial score (nSPS) is 16.9. The molecule has 0 aliphatic heterocycles. The van der Waals surface area contributed by atoms with Gasteiger partial charge >= 0.3 is 5.97 Å². The molecule has 0 saturated heterocycles. The fraction of sp³-hybridized carbons (Fsp3) is 0.500. The van der Waals surface area contributed by atoms with E-state index < -0.39 is 17.8 Å². The first-order valence-electron chi connectivity index (χ1n) is 13.8. The highest BCUT2D eigenvalue weighted by molar-refractivity contribution is 5.95. The molecule has 1 aromatic heterocycles. The van der Waals surface area contributed by atoms with Crippen molar-refractivity contribution in [3.8, 4) is 5.88 Å². The van der Waals surface area contributed by atoms with Gasteiger partial charge in [0.2, 0.25) is 11.8 Å². The smallest absolute Gasteiger partial charge is 0.307 e. The fourth-order valence-electron chi connectivity index (χ4n) is 4.17. The van der Waals surface area contributed by atoms with Crippen LogP contribution in [0.25, 0.3) is 5.70 Å². The number of carbonyl (C=O) groups is 2. The Hall–Kier alpha value is -3.59. The Morgan fingerprint density at radius 2 is 1.62 bits per heavy atom. The van der Waals surface area contributed by atoms with Crippen LogP contribution in [0.2, 0.25) is 0 Å². The number of pyridine rings is 1. The predicted molar refractivity (Wildman–Crippen MR) is 160 cm³/mol. The van der Waals surface area contributed by atoms with Crippen LogP contribution in [0, 0.1) is 11.8 Å². The third kappa shape index (κ3) is 11.0. The molecule has 0 radical (unpaired) electrons. The summed E-state index contributed by atoms with van der Waals surface area (Å²) in [6.07, 6.45) is 3.55. The molecule has 0 bridgehead atoms. The summed E-state index contributed by atoms with van der Waals surface area (Å²) in [5, 5.41) is 18.3. The van der Waals surface area contributed by atoms with Crippen molar-refractivity contribution in [2.75, 3.05) is 24.7 Å².